The highest BCUT2D eigenvalue weighted by Gasteiger charge is 2.35. The number of Topliss-reactive ketones (excluding diaryl/α,β-unsaturated/α-hetero) is 1. The van der Waals surface area contributed by atoms with Crippen LogP contribution < -0.4 is 5.32 Å². The lowest BCUT2D eigenvalue weighted by Gasteiger charge is -2.28. The maximum Gasteiger partial charge on any atom is 0.167 e. The molecule has 2 N–H and O–H groups in total. The summed E-state index contributed by atoms with van der Waals surface area (Å²) in [6, 6.07) is 12.1. The molecule has 0 saturated heterocycles. The van der Waals surface area contributed by atoms with Crippen molar-refractivity contribution in [3.8, 4) is 11.3 Å². The Hall–Kier alpha value is -2.88. The number of nitrogens with one attached hydrogen (secondary N) is 2. The van der Waals surface area contributed by atoms with E-state index in [2.05, 4.69) is 48.2 Å². The molecular weight excluding hydrogens is 322 g/mol. The van der Waals surface area contributed by atoms with Gasteiger partial charge in [-0.2, -0.15) is 0 Å². The molecule has 0 fully saturated rings. The molecule has 26 heavy (non-hydrogen) atoms. The number of aromatic amines is 1. The molecule has 0 bridgehead atoms. The average Bonchev–Trinajstić information content (AvgIpc) is 2.93. The molecule has 0 aliphatic heterocycles. The number of benzene rings is 1. The van der Waals surface area contributed by atoms with Crippen molar-refractivity contribution in [1.29, 1.82) is 0 Å². The second-order valence-electron chi connectivity index (χ2n) is 7.90. The SMILES string of the molecule is Cc1cccc(Nc2c(-c3ccncc3)[nH]c3c2C(=O)CC(C)(C)C3)c1. The van der Waals surface area contributed by atoms with Crippen molar-refractivity contribution in [3.63, 3.8) is 0 Å². The van der Waals surface area contributed by atoms with Crippen molar-refractivity contribution >= 4 is 17.2 Å². The quantitative estimate of drug-likeness (QED) is 0.678. The van der Waals surface area contributed by atoms with Crippen LogP contribution >= 0.6 is 0 Å². The van der Waals surface area contributed by atoms with E-state index in [0.29, 0.717) is 6.42 Å². The zero-order valence-corrected chi connectivity index (χ0v) is 15.4. The smallest absolute Gasteiger partial charge is 0.167 e. The zero-order chi connectivity index (χ0) is 18.3. The number of anilines is 2. The van der Waals surface area contributed by atoms with Crippen LogP contribution in [0.1, 0.15) is 41.9 Å². The van der Waals surface area contributed by atoms with Gasteiger partial charge in [0.1, 0.15) is 0 Å². The van der Waals surface area contributed by atoms with Crippen molar-refractivity contribution in [2.24, 2.45) is 5.41 Å². The number of nitrogens with zero attached hydrogens (tertiary/aromatic N) is 1. The Morgan fingerprint density at radius 2 is 1.88 bits per heavy atom. The number of H-pyrrole nitrogens is 1. The van der Waals surface area contributed by atoms with Gasteiger partial charge < -0.3 is 10.3 Å². The van der Waals surface area contributed by atoms with Gasteiger partial charge in [-0.25, -0.2) is 0 Å². The maximum absolute atomic E-state index is 13.0. The lowest BCUT2D eigenvalue weighted by Crippen LogP contribution is -2.26. The van der Waals surface area contributed by atoms with E-state index in [9.17, 15) is 4.79 Å². The van der Waals surface area contributed by atoms with Crippen molar-refractivity contribution in [2.75, 3.05) is 5.32 Å². The Labute approximate surface area is 153 Å². The fraction of sp³-hybridized carbons (Fsp3) is 0.273. The van der Waals surface area contributed by atoms with Gasteiger partial charge in [-0.1, -0.05) is 26.0 Å². The molecule has 0 saturated carbocycles. The van der Waals surface area contributed by atoms with Gasteiger partial charge in [0.25, 0.3) is 0 Å². The van der Waals surface area contributed by atoms with Gasteiger partial charge in [-0.05, 0) is 48.6 Å². The molecule has 0 amide bonds. The van der Waals surface area contributed by atoms with Crippen LogP contribution in [0.4, 0.5) is 11.4 Å². The molecule has 2 heterocycles. The molecule has 0 radical (unpaired) electrons. The van der Waals surface area contributed by atoms with Crippen LogP contribution in [0.25, 0.3) is 11.3 Å². The summed E-state index contributed by atoms with van der Waals surface area (Å²) in [6.07, 6.45) is 4.98. The Morgan fingerprint density at radius 1 is 1.12 bits per heavy atom. The van der Waals surface area contributed by atoms with Gasteiger partial charge in [0, 0.05) is 35.8 Å². The van der Waals surface area contributed by atoms with E-state index in [1.807, 2.05) is 24.3 Å². The minimum atomic E-state index is -0.0228. The number of rotatable bonds is 3. The van der Waals surface area contributed by atoms with E-state index >= 15 is 0 Å². The minimum absolute atomic E-state index is 0.0228. The summed E-state index contributed by atoms with van der Waals surface area (Å²) in [5, 5.41) is 3.51. The van der Waals surface area contributed by atoms with Crippen molar-refractivity contribution in [1.82, 2.24) is 9.97 Å². The number of hydrogen-bond donors (Lipinski definition) is 2. The van der Waals surface area contributed by atoms with Crippen LogP contribution in [0, 0.1) is 12.3 Å². The predicted octanol–water partition coefficient (Wildman–Crippen LogP) is 5.28. The summed E-state index contributed by atoms with van der Waals surface area (Å²) in [6.45, 7) is 6.36. The second kappa shape index (κ2) is 6.13. The fourth-order valence-electron chi connectivity index (χ4n) is 3.78. The summed E-state index contributed by atoms with van der Waals surface area (Å²) >= 11 is 0. The van der Waals surface area contributed by atoms with E-state index in [1.165, 1.54) is 5.56 Å². The highest BCUT2D eigenvalue weighted by Crippen LogP contribution is 2.43. The van der Waals surface area contributed by atoms with Crippen LogP contribution in [0.2, 0.25) is 0 Å². The van der Waals surface area contributed by atoms with Crippen LogP contribution in [0.15, 0.2) is 48.8 Å². The normalized spacial score (nSPS) is 15.6. The molecule has 0 spiro atoms. The standard InChI is InChI=1S/C22H23N3O/c1-14-5-4-6-16(11-14)24-21-19-17(12-22(2,3)13-18(19)26)25-20(21)15-7-9-23-10-8-15/h4-11,24-25H,12-13H2,1-3H3. The summed E-state index contributed by atoms with van der Waals surface area (Å²) in [4.78, 5) is 20.6. The van der Waals surface area contributed by atoms with Gasteiger partial charge >= 0.3 is 0 Å². The van der Waals surface area contributed by atoms with Gasteiger partial charge in [0.2, 0.25) is 0 Å². The molecule has 2 aromatic heterocycles. The highest BCUT2D eigenvalue weighted by atomic mass is 16.1. The summed E-state index contributed by atoms with van der Waals surface area (Å²) < 4.78 is 0. The molecule has 1 aromatic carbocycles. The van der Waals surface area contributed by atoms with Crippen molar-refractivity contribution < 1.29 is 4.79 Å². The third-order valence-corrected chi connectivity index (χ3v) is 4.91. The first-order valence-corrected chi connectivity index (χ1v) is 8.95. The van der Waals surface area contributed by atoms with E-state index in [4.69, 9.17) is 0 Å². The van der Waals surface area contributed by atoms with Crippen LogP contribution in [-0.2, 0) is 6.42 Å². The number of carbonyl (C=O) groups excluding carboxylic acids is 1. The first-order chi connectivity index (χ1) is 12.4. The fourth-order valence-corrected chi connectivity index (χ4v) is 3.78. The molecular formula is C22H23N3O. The Balaban J connectivity index is 1.88. The Morgan fingerprint density at radius 3 is 2.62 bits per heavy atom. The summed E-state index contributed by atoms with van der Waals surface area (Å²) in [5.41, 5.74) is 6.81. The number of hydrogen-bond acceptors (Lipinski definition) is 3. The number of pyridine rings is 1. The molecule has 0 atom stereocenters. The predicted molar refractivity (Wildman–Crippen MR) is 105 cm³/mol. The van der Waals surface area contributed by atoms with Gasteiger partial charge in [0.15, 0.2) is 5.78 Å². The largest absolute Gasteiger partial charge is 0.356 e. The van der Waals surface area contributed by atoms with E-state index in [0.717, 1.165) is 40.3 Å². The van der Waals surface area contributed by atoms with Crippen molar-refractivity contribution in [2.45, 2.75) is 33.6 Å². The van der Waals surface area contributed by atoms with E-state index in [-0.39, 0.29) is 11.2 Å². The molecule has 4 rings (SSSR count). The first-order valence-electron chi connectivity index (χ1n) is 8.95. The number of aromatic nitrogens is 2. The molecule has 4 nitrogen and oxygen atoms in total. The number of ketones is 1. The monoisotopic (exact) mass is 345 g/mol. The van der Waals surface area contributed by atoms with Crippen molar-refractivity contribution in [3.05, 3.63) is 65.6 Å². The summed E-state index contributed by atoms with van der Waals surface area (Å²) in [5.74, 6) is 0.197. The molecule has 1 aliphatic carbocycles. The number of fused-ring (bicyclic) bond motifs is 1. The van der Waals surface area contributed by atoms with Crippen LogP contribution in [0.3, 0.4) is 0 Å². The number of aryl methyl sites for hydroxylation is 1. The minimum Gasteiger partial charge on any atom is -0.356 e. The molecule has 3 aromatic rings. The molecule has 1 aliphatic rings. The lowest BCUT2D eigenvalue weighted by molar-refractivity contribution is 0.0912. The third kappa shape index (κ3) is 3.03. The first kappa shape index (κ1) is 16.6. The third-order valence-electron chi connectivity index (χ3n) is 4.91. The van der Waals surface area contributed by atoms with Gasteiger partial charge in [0.05, 0.1) is 16.9 Å². The maximum atomic E-state index is 13.0. The Kier molecular flexibility index (Phi) is 3.91. The summed E-state index contributed by atoms with van der Waals surface area (Å²) in [7, 11) is 0. The van der Waals surface area contributed by atoms with E-state index in [1.54, 1.807) is 12.4 Å². The zero-order valence-electron chi connectivity index (χ0n) is 15.4. The molecule has 0 unspecified atom stereocenters. The van der Waals surface area contributed by atoms with Crippen LogP contribution in [-0.4, -0.2) is 15.8 Å². The lowest BCUT2D eigenvalue weighted by atomic mass is 9.76. The topological polar surface area (TPSA) is 57.8 Å². The average molecular weight is 345 g/mol. The number of carbonyl (C=O) groups is 1. The molecule has 132 valence electrons. The van der Waals surface area contributed by atoms with E-state index < -0.39 is 0 Å². The highest BCUT2D eigenvalue weighted by molar-refractivity contribution is 6.07. The second-order valence-corrected chi connectivity index (χ2v) is 7.90. The Bertz CT molecular complexity index is 970. The van der Waals surface area contributed by atoms with Crippen LogP contribution in [0.5, 0.6) is 0 Å². The van der Waals surface area contributed by atoms with Gasteiger partial charge in [-0.15, -0.1) is 0 Å². The molecule has 4 heteroatoms. The van der Waals surface area contributed by atoms with Gasteiger partial charge in [-0.3, -0.25) is 9.78 Å².